The maximum absolute atomic E-state index is 13.0. The molecule has 0 spiro atoms. The van der Waals surface area contributed by atoms with Crippen molar-refractivity contribution < 1.29 is 28.5 Å². The molecule has 0 fully saturated rings. The number of methoxy groups -OCH3 is 2. The molecule has 33 heavy (non-hydrogen) atoms. The lowest BCUT2D eigenvalue weighted by atomic mass is 10.2. The molecule has 0 radical (unpaired) electrons. The molecule has 0 heterocycles. The standard InChI is InChI=1S/C22H25Cl2N3O6/c1-6-32-17-8-13(23)9-18(33-7-2)20(17)25-22(29)19(12(3)28)27-26-16-11-14(30-4)10-15(24)21(16)31-5/h8-11,19H,6-7H2,1-5H3,(H,25,29). The highest BCUT2D eigenvalue weighted by atomic mass is 35.5. The van der Waals surface area contributed by atoms with Gasteiger partial charge in [-0.3, -0.25) is 9.59 Å². The number of hydrogen-bond acceptors (Lipinski definition) is 8. The number of azo groups is 1. The average Bonchev–Trinajstić information content (AvgIpc) is 2.76. The first-order valence-electron chi connectivity index (χ1n) is 9.98. The van der Waals surface area contributed by atoms with Crippen LogP contribution in [0.4, 0.5) is 11.4 Å². The van der Waals surface area contributed by atoms with Gasteiger partial charge in [-0.05, 0) is 20.8 Å². The van der Waals surface area contributed by atoms with Crippen molar-refractivity contribution >= 4 is 46.3 Å². The quantitative estimate of drug-likeness (QED) is 0.324. The van der Waals surface area contributed by atoms with Crippen LogP contribution < -0.4 is 24.3 Å². The zero-order valence-electron chi connectivity index (χ0n) is 18.9. The van der Waals surface area contributed by atoms with E-state index in [1.165, 1.54) is 39.3 Å². The molecule has 9 nitrogen and oxygen atoms in total. The minimum absolute atomic E-state index is 0.192. The molecular formula is C22H25Cl2N3O6. The Balaban J connectivity index is 2.42. The van der Waals surface area contributed by atoms with Crippen molar-refractivity contribution in [2.24, 2.45) is 10.2 Å². The fourth-order valence-corrected chi connectivity index (χ4v) is 3.28. The van der Waals surface area contributed by atoms with E-state index in [0.717, 1.165) is 0 Å². The van der Waals surface area contributed by atoms with E-state index in [-0.39, 0.29) is 22.1 Å². The monoisotopic (exact) mass is 497 g/mol. The van der Waals surface area contributed by atoms with Gasteiger partial charge in [0.2, 0.25) is 6.04 Å². The summed E-state index contributed by atoms with van der Waals surface area (Å²) in [6.07, 6.45) is 0. The number of benzene rings is 2. The van der Waals surface area contributed by atoms with E-state index in [0.29, 0.717) is 35.5 Å². The van der Waals surface area contributed by atoms with Gasteiger partial charge < -0.3 is 24.3 Å². The largest absolute Gasteiger partial charge is 0.497 e. The number of carbonyl (C=O) groups is 2. The number of Topliss-reactive ketones (excluding diaryl/α,β-unsaturated/α-hetero) is 1. The van der Waals surface area contributed by atoms with Crippen LogP contribution in [-0.4, -0.2) is 45.2 Å². The van der Waals surface area contributed by atoms with Gasteiger partial charge in [-0.15, -0.1) is 0 Å². The minimum Gasteiger partial charge on any atom is -0.497 e. The fourth-order valence-electron chi connectivity index (χ4n) is 2.80. The van der Waals surface area contributed by atoms with Crippen molar-refractivity contribution in [3.05, 3.63) is 34.3 Å². The van der Waals surface area contributed by atoms with Crippen LogP contribution in [0.3, 0.4) is 0 Å². The van der Waals surface area contributed by atoms with Gasteiger partial charge in [0, 0.05) is 29.3 Å². The Kier molecular flexibility index (Phi) is 9.74. The van der Waals surface area contributed by atoms with Crippen molar-refractivity contribution in [3.63, 3.8) is 0 Å². The molecule has 0 bridgehead atoms. The second-order valence-electron chi connectivity index (χ2n) is 6.52. The average molecular weight is 498 g/mol. The van der Waals surface area contributed by atoms with E-state index in [9.17, 15) is 9.59 Å². The summed E-state index contributed by atoms with van der Waals surface area (Å²) in [5.74, 6) is -0.0524. The Morgan fingerprint density at radius 2 is 1.61 bits per heavy atom. The molecule has 1 amide bonds. The number of ether oxygens (including phenoxy) is 4. The van der Waals surface area contributed by atoms with Crippen molar-refractivity contribution in [3.8, 4) is 23.0 Å². The van der Waals surface area contributed by atoms with Crippen molar-refractivity contribution in [1.82, 2.24) is 0 Å². The first kappa shape index (κ1) is 26.2. The smallest absolute Gasteiger partial charge is 0.259 e. The molecule has 2 rings (SSSR count). The van der Waals surface area contributed by atoms with Gasteiger partial charge in [0.25, 0.3) is 5.91 Å². The second-order valence-corrected chi connectivity index (χ2v) is 7.37. The Hall–Kier alpha value is -3.04. The van der Waals surface area contributed by atoms with Crippen LogP contribution in [0.1, 0.15) is 20.8 Å². The van der Waals surface area contributed by atoms with Crippen molar-refractivity contribution in [2.75, 3.05) is 32.8 Å². The van der Waals surface area contributed by atoms with Crippen LogP contribution in [0.5, 0.6) is 23.0 Å². The Bertz CT molecular complexity index is 1020. The summed E-state index contributed by atoms with van der Waals surface area (Å²) in [4.78, 5) is 25.2. The van der Waals surface area contributed by atoms with Gasteiger partial charge in [0.15, 0.2) is 11.5 Å². The molecule has 2 aromatic carbocycles. The highest BCUT2D eigenvalue weighted by Crippen LogP contribution is 2.40. The summed E-state index contributed by atoms with van der Waals surface area (Å²) in [6.45, 7) is 5.44. The van der Waals surface area contributed by atoms with E-state index < -0.39 is 17.7 Å². The molecule has 0 saturated carbocycles. The molecule has 1 N–H and O–H groups in total. The predicted molar refractivity (Wildman–Crippen MR) is 126 cm³/mol. The third-order valence-corrected chi connectivity index (χ3v) is 4.73. The third kappa shape index (κ3) is 6.72. The number of nitrogens with one attached hydrogen (secondary N) is 1. The molecule has 1 atom stereocenters. The molecule has 0 aliphatic heterocycles. The Labute approximate surface area is 202 Å². The lowest BCUT2D eigenvalue weighted by molar-refractivity contribution is -0.126. The Morgan fingerprint density at radius 3 is 2.09 bits per heavy atom. The molecule has 11 heteroatoms. The van der Waals surface area contributed by atoms with Gasteiger partial charge in [0.1, 0.15) is 28.6 Å². The van der Waals surface area contributed by atoms with E-state index in [2.05, 4.69) is 15.5 Å². The van der Waals surface area contributed by atoms with E-state index in [1.54, 1.807) is 19.9 Å². The normalized spacial score (nSPS) is 11.7. The van der Waals surface area contributed by atoms with Gasteiger partial charge in [0.05, 0.1) is 32.5 Å². The molecular weight excluding hydrogens is 473 g/mol. The SMILES string of the molecule is CCOc1cc(Cl)cc(OCC)c1NC(=O)C(N=Nc1cc(OC)cc(Cl)c1OC)C(C)=O. The van der Waals surface area contributed by atoms with Gasteiger partial charge >= 0.3 is 0 Å². The second kappa shape index (κ2) is 12.3. The number of carbonyl (C=O) groups excluding carboxylic acids is 2. The summed E-state index contributed by atoms with van der Waals surface area (Å²) in [6, 6.07) is 4.68. The first-order chi connectivity index (χ1) is 15.7. The lowest BCUT2D eigenvalue weighted by Crippen LogP contribution is -2.32. The van der Waals surface area contributed by atoms with Gasteiger partial charge in [-0.1, -0.05) is 23.2 Å². The summed E-state index contributed by atoms with van der Waals surface area (Å²) in [5, 5.41) is 11.2. The number of ketones is 1. The van der Waals surface area contributed by atoms with Crippen molar-refractivity contribution in [1.29, 1.82) is 0 Å². The number of nitrogens with zero attached hydrogens (tertiary/aromatic N) is 2. The molecule has 1 unspecified atom stereocenters. The zero-order valence-corrected chi connectivity index (χ0v) is 20.4. The predicted octanol–water partition coefficient (Wildman–Crippen LogP) is 5.49. The van der Waals surface area contributed by atoms with Crippen LogP contribution >= 0.6 is 23.2 Å². The summed E-state index contributed by atoms with van der Waals surface area (Å²) in [7, 11) is 2.87. The van der Waals surface area contributed by atoms with Crippen LogP contribution in [0.15, 0.2) is 34.5 Å². The number of anilines is 1. The van der Waals surface area contributed by atoms with E-state index in [4.69, 9.17) is 42.1 Å². The topological polar surface area (TPSA) is 108 Å². The summed E-state index contributed by atoms with van der Waals surface area (Å²) >= 11 is 12.3. The maximum Gasteiger partial charge on any atom is 0.259 e. The lowest BCUT2D eigenvalue weighted by Gasteiger charge is -2.18. The number of rotatable bonds is 11. The highest BCUT2D eigenvalue weighted by molar-refractivity contribution is 6.32. The Morgan fingerprint density at radius 1 is 1.00 bits per heavy atom. The zero-order chi connectivity index (χ0) is 24.5. The summed E-state index contributed by atoms with van der Waals surface area (Å²) < 4.78 is 21.6. The molecule has 0 saturated heterocycles. The molecule has 0 aromatic heterocycles. The van der Waals surface area contributed by atoms with Crippen LogP contribution in [-0.2, 0) is 9.59 Å². The van der Waals surface area contributed by atoms with Crippen molar-refractivity contribution in [2.45, 2.75) is 26.8 Å². The van der Waals surface area contributed by atoms with Crippen LogP contribution in [0, 0.1) is 0 Å². The highest BCUT2D eigenvalue weighted by Gasteiger charge is 2.26. The molecule has 2 aromatic rings. The first-order valence-corrected chi connectivity index (χ1v) is 10.7. The van der Waals surface area contributed by atoms with E-state index >= 15 is 0 Å². The van der Waals surface area contributed by atoms with Crippen LogP contribution in [0.2, 0.25) is 10.0 Å². The molecule has 0 aliphatic rings. The van der Waals surface area contributed by atoms with E-state index in [1.807, 2.05) is 0 Å². The van der Waals surface area contributed by atoms with Gasteiger partial charge in [-0.25, -0.2) is 0 Å². The molecule has 178 valence electrons. The minimum atomic E-state index is -1.46. The number of hydrogen-bond donors (Lipinski definition) is 1. The summed E-state index contributed by atoms with van der Waals surface area (Å²) in [5.41, 5.74) is 0.425. The van der Waals surface area contributed by atoms with Crippen LogP contribution in [0.25, 0.3) is 0 Å². The van der Waals surface area contributed by atoms with Gasteiger partial charge in [-0.2, -0.15) is 10.2 Å². The maximum atomic E-state index is 13.0. The molecule has 0 aliphatic carbocycles. The third-order valence-electron chi connectivity index (χ3n) is 4.23. The fraction of sp³-hybridized carbons (Fsp3) is 0.364. The number of amides is 1. The number of halogens is 2.